The molecule has 0 spiro atoms. The number of nitrogens with zero attached hydrogens (tertiary/aromatic N) is 2. The number of methoxy groups -OCH3 is 1. The summed E-state index contributed by atoms with van der Waals surface area (Å²) in [5.74, 6) is 1.78. The molecule has 0 radical (unpaired) electrons. The lowest BCUT2D eigenvalue weighted by molar-refractivity contribution is 0.102. The summed E-state index contributed by atoms with van der Waals surface area (Å²) in [5, 5.41) is 7.09. The van der Waals surface area contributed by atoms with Crippen LogP contribution in [0.2, 0.25) is 0 Å². The molecule has 4 rings (SSSR count). The van der Waals surface area contributed by atoms with Crippen LogP contribution >= 0.6 is 0 Å². The van der Waals surface area contributed by atoms with Gasteiger partial charge in [0.2, 0.25) is 0 Å². The molecule has 4 aromatic rings. The Kier molecular flexibility index (Phi) is 5.75. The third-order valence-electron chi connectivity index (χ3n) is 4.53. The number of carbonyl (C=O) groups excluding carboxylic acids is 1. The summed E-state index contributed by atoms with van der Waals surface area (Å²) in [4.78, 5) is 12.5. The van der Waals surface area contributed by atoms with E-state index in [4.69, 9.17) is 9.47 Å². The first-order valence-corrected chi connectivity index (χ1v) is 9.50. The van der Waals surface area contributed by atoms with Crippen molar-refractivity contribution in [2.45, 2.75) is 6.54 Å². The third-order valence-corrected chi connectivity index (χ3v) is 4.53. The molecule has 150 valence electrons. The number of nitrogens with one attached hydrogen (secondary N) is 1. The van der Waals surface area contributed by atoms with Gasteiger partial charge in [0.15, 0.2) is 11.5 Å². The molecular weight excluding hydrogens is 378 g/mol. The first-order valence-electron chi connectivity index (χ1n) is 9.50. The van der Waals surface area contributed by atoms with Crippen LogP contribution in [0.15, 0.2) is 91.3 Å². The summed E-state index contributed by atoms with van der Waals surface area (Å²) in [6.45, 7) is 0.669. The SMILES string of the molecule is COc1ccccc1Oc1ccc(NC(=O)c2ccc(Cn3cccn3)cc2)cc1. The minimum absolute atomic E-state index is 0.168. The zero-order chi connectivity index (χ0) is 20.8. The van der Waals surface area contributed by atoms with Crippen molar-refractivity contribution in [3.63, 3.8) is 0 Å². The van der Waals surface area contributed by atoms with Crippen LogP contribution in [0.3, 0.4) is 0 Å². The average molecular weight is 399 g/mol. The molecule has 0 aliphatic heterocycles. The van der Waals surface area contributed by atoms with Crippen LogP contribution in [-0.2, 0) is 6.54 Å². The summed E-state index contributed by atoms with van der Waals surface area (Å²) >= 11 is 0. The van der Waals surface area contributed by atoms with Crippen molar-refractivity contribution in [2.24, 2.45) is 0 Å². The topological polar surface area (TPSA) is 65.4 Å². The van der Waals surface area contributed by atoms with Crippen LogP contribution in [0.25, 0.3) is 0 Å². The lowest BCUT2D eigenvalue weighted by atomic mass is 10.1. The van der Waals surface area contributed by atoms with E-state index < -0.39 is 0 Å². The standard InChI is InChI=1S/C24H21N3O3/c1-29-22-5-2-3-6-23(22)30-21-13-11-20(12-14-21)26-24(28)19-9-7-18(8-10-19)17-27-16-4-15-25-27/h2-16H,17H2,1H3,(H,26,28). The molecule has 1 heterocycles. The normalized spacial score (nSPS) is 10.4. The van der Waals surface area contributed by atoms with Crippen molar-refractivity contribution in [1.29, 1.82) is 0 Å². The molecule has 0 bridgehead atoms. The number of para-hydroxylation sites is 2. The number of amides is 1. The van der Waals surface area contributed by atoms with E-state index in [0.717, 1.165) is 5.56 Å². The minimum Gasteiger partial charge on any atom is -0.493 e. The molecule has 30 heavy (non-hydrogen) atoms. The van der Waals surface area contributed by atoms with Crippen LogP contribution in [-0.4, -0.2) is 22.8 Å². The summed E-state index contributed by atoms with van der Waals surface area (Å²) in [7, 11) is 1.60. The van der Waals surface area contributed by atoms with Gasteiger partial charge >= 0.3 is 0 Å². The van der Waals surface area contributed by atoms with Crippen LogP contribution in [0, 0.1) is 0 Å². The van der Waals surface area contributed by atoms with Gasteiger partial charge in [0.05, 0.1) is 13.7 Å². The van der Waals surface area contributed by atoms with Crippen molar-refractivity contribution in [1.82, 2.24) is 9.78 Å². The number of anilines is 1. The summed E-state index contributed by atoms with van der Waals surface area (Å²) in [5.41, 5.74) is 2.36. The molecule has 0 atom stereocenters. The van der Waals surface area contributed by atoms with E-state index in [1.807, 2.05) is 65.5 Å². The highest BCUT2D eigenvalue weighted by atomic mass is 16.5. The summed E-state index contributed by atoms with van der Waals surface area (Å²) in [6, 6.07) is 24.0. The number of rotatable bonds is 7. The highest BCUT2D eigenvalue weighted by molar-refractivity contribution is 6.04. The zero-order valence-corrected chi connectivity index (χ0v) is 16.5. The van der Waals surface area contributed by atoms with Gasteiger partial charge in [0.25, 0.3) is 5.91 Å². The lowest BCUT2D eigenvalue weighted by Crippen LogP contribution is -2.12. The Morgan fingerprint density at radius 2 is 1.67 bits per heavy atom. The van der Waals surface area contributed by atoms with Gasteiger partial charge < -0.3 is 14.8 Å². The molecule has 3 aromatic carbocycles. The monoisotopic (exact) mass is 399 g/mol. The Morgan fingerprint density at radius 1 is 0.933 bits per heavy atom. The van der Waals surface area contributed by atoms with E-state index in [1.54, 1.807) is 37.6 Å². The quantitative estimate of drug-likeness (QED) is 0.476. The highest BCUT2D eigenvalue weighted by Crippen LogP contribution is 2.31. The van der Waals surface area contributed by atoms with Crippen molar-refractivity contribution < 1.29 is 14.3 Å². The first kappa shape index (κ1) is 19.3. The molecule has 6 heteroatoms. The smallest absolute Gasteiger partial charge is 0.255 e. The fraction of sp³-hybridized carbons (Fsp3) is 0.0833. The van der Waals surface area contributed by atoms with E-state index in [0.29, 0.717) is 35.0 Å². The van der Waals surface area contributed by atoms with E-state index in [-0.39, 0.29) is 5.91 Å². The van der Waals surface area contributed by atoms with E-state index >= 15 is 0 Å². The minimum atomic E-state index is -0.168. The molecule has 0 saturated heterocycles. The van der Waals surface area contributed by atoms with Crippen molar-refractivity contribution in [2.75, 3.05) is 12.4 Å². The lowest BCUT2D eigenvalue weighted by Gasteiger charge is -2.11. The molecule has 0 fully saturated rings. The van der Waals surface area contributed by atoms with E-state index in [1.165, 1.54) is 0 Å². The predicted octanol–water partition coefficient (Wildman–Crippen LogP) is 4.98. The Balaban J connectivity index is 1.37. The number of hydrogen-bond acceptors (Lipinski definition) is 4. The fourth-order valence-corrected chi connectivity index (χ4v) is 2.98. The van der Waals surface area contributed by atoms with E-state index in [9.17, 15) is 4.79 Å². The van der Waals surface area contributed by atoms with Gasteiger partial charge in [0.1, 0.15) is 5.75 Å². The van der Waals surface area contributed by atoms with Crippen molar-refractivity contribution >= 4 is 11.6 Å². The Bertz CT molecular complexity index is 1110. The van der Waals surface area contributed by atoms with Gasteiger partial charge in [0, 0.05) is 23.6 Å². The van der Waals surface area contributed by atoms with Crippen molar-refractivity contribution in [3.8, 4) is 17.2 Å². The van der Waals surface area contributed by atoms with Crippen LogP contribution < -0.4 is 14.8 Å². The second kappa shape index (κ2) is 8.96. The van der Waals surface area contributed by atoms with Gasteiger partial charge in [-0.15, -0.1) is 0 Å². The number of ether oxygens (including phenoxy) is 2. The highest BCUT2D eigenvalue weighted by Gasteiger charge is 2.08. The van der Waals surface area contributed by atoms with Gasteiger partial charge in [-0.25, -0.2) is 0 Å². The number of carbonyl (C=O) groups is 1. The van der Waals surface area contributed by atoms with Gasteiger partial charge in [-0.1, -0.05) is 24.3 Å². The van der Waals surface area contributed by atoms with E-state index in [2.05, 4.69) is 10.4 Å². The number of hydrogen-bond donors (Lipinski definition) is 1. The molecule has 0 aliphatic carbocycles. The second-order valence-corrected chi connectivity index (χ2v) is 6.63. The maximum Gasteiger partial charge on any atom is 0.255 e. The average Bonchev–Trinajstić information content (AvgIpc) is 3.29. The molecule has 1 amide bonds. The zero-order valence-electron chi connectivity index (χ0n) is 16.5. The molecule has 0 unspecified atom stereocenters. The fourth-order valence-electron chi connectivity index (χ4n) is 2.98. The van der Waals surface area contributed by atoms with Crippen LogP contribution in [0.4, 0.5) is 5.69 Å². The molecule has 1 N–H and O–H groups in total. The van der Waals surface area contributed by atoms with Gasteiger partial charge in [-0.05, 0) is 60.2 Å². The number of benzene rings is 3. The Labute approximate surface area is 174 Å². The molecule has 1 aromatic heterocycles. The molecule has 0 saturated carbocycles. The van der Waals surface area contributed by atoms with Crippen molar-refractivity contribution in [3.05, 3.63) is 102 Å². The first-order chi connectivity index (χ1) is 14.7. The molecule has 0 aliphatic rings. The van der Waals surface area contributed by atoms with Crippen LogP contribution in [0.5, 0.6) is 17.2 Å². The predicted molar refractivity (Wildman–Crippen MR) is 115 cm³/mol. The Hall–Kier alpha value is -4.06. The maximum atomic E-state index is 12.5. The van der Waals surface area contributed by atoms with Gasteiger partial charge in [-0.3, -0.25) is 9.48 Å². The molecular formula is C24H21N3O3. The third kappa shape index (κ3) is 4.67. The number of aromatic nitrogens is 2. The maximum absolute atomic E-state index is 12.5. The Morgan fingerprint density at radius 3 is 2.33 bits per heavy atom. The summed E-state index contributed by atoms with van der Waals surface area (Å²) in [6.07, 6.45) is 3.65. The summed E-state index contributed by atoms with van der Waals surface area (Å²) < 4.78 is 13.0. The second-order valence-electron chi connectivity index (χ2n) is 6.63. The van der Waals surface area contributed by atoms with Gasteiger partial charge in [-0.2, -0.15) is 5.10 Å². The van der Waals surface area contributed by atoms with Crippen LogP contribution in [0.1, 0.15) is 15.9 Å². The molecule has 6 nitrogen and oxygen atoms in total. The largest absolute Gasteiger partial charge is 0.493 e.